The molecule has 0 radical (unpaired) electrons. The van der Waals surface area contributed by atoms with Crippen LogP contribution in [0.2, 0.25) is 0 Å². The van der Waals surface area contributed by atoms with E-state index >= 15 is 0 Å². The predicted molar refractivity (Wildman–Crippen MR) is 54.9 cm³/mol. The van der Waals surface area contributed by atoms with Gasteiger partial charge in [-0.2, -0.15) is 5.10 Å². The highest BCUT2D eigenvalue weighted by molar-refractivity contribution is 5.85. The SMILES string of the molecule is COc1cccnc1-n1ccc(C(=O)O)n1. The molecule has 2 aromatic heterocycles. The van der Waals surface area contributed by atoms with Crippen LogP contribution >= 0.6 is 0 Å². The van der Waals surface area contributed by atoms with Gasteiger partial charge >= 0.3 is 5.97 Å². The molecule has 2 rings (SSSR count). The maximum absolute atomic E-state index is 10.7. The minimum atomic E-state index is -1.08. The summed E-state index contributed by atoms with van der Waals surface area (Å²) in [5, 5.41) is 12.6. The minimum Gasteiger partial charge on any atom is -0.493 e. The van der Waals surface area contributed by atoms with E-state index in [0.717, 1.165) is 0 Å². The number of carboxylic acids is 1. The molecule has 0 bridgehead atoms. The highest BCUT2D eigenvalue weighted by atomic mass is 16.5. The van der Waals surface area contributed by atoms with E-state index in [9.17, 15) is 4.79 Å². The van der Waals surface area contributed by atoms with E-state index in [0.29, 0.717) is 11.6 Å². The van der Waals surface area contributed by atoms with E-state index in [1.54, 1.807) is 18.3 Å². The highest BCUT2D eigenvalue weighted by Gasteiger charge is 2.11. The van der Waals surface area contributed by atoms with Gasteiger partial charge in [-0.05, 0) is 18.2 Å². The first-order chi connectivity index (χ1) is 7.72. The fourth-order valence-electron chi connectivity index (χ4n) is 1.27. The second-order valence-electron chi connectivity index (χ2n) is 2.98. The second-order valence-corrected chi connectivity index (χ2v) is 2.98. The van der Waals surface area contributed by atoms with Crippen LogP contribution in [0, 0.1) is 0 Å². The van der Waals surface area contributed by atoms with Crippen LogP contribution < -0.4 is 4.74 Å². The van der Waals surface area contributed by atoms with Crippen molar-refractivity contribution in [3.8, 4) is 11.6 Å². The predicted octanol–water partition coefficient (Wildman–Crippen LogP) is 0.974. The summed E-state index contributed by atoms with van der Waals surface area (Å²) in [6, 6.07) is 4.85. The summed E-state index contributed by atoms with van der Waals surface area (Å²) in [6.45, 7) is 0. The fraction of sp³-hybridized carbons (Fsp3) is 0.100. The lowest BCUT2D eigenvalue weighted by Crippen LogP contribution is -2.04. The van der Waals surface area contributed by atoms with E-state index in [1.165, 1.54) is 24.1 Å². The highest BCUT2D eigenvalue weighted by Crippen LogP contribution is 2.18. The van der Waals surface area contributed by atoms with Crippen LogP contribution in [0.1, 0.15) is 10.5 Å². The number of pyridine rings is 1. The van der Waals surface area contributed by atoms with Crippen LogP contribution in [-0.2, 0) is 0 Å². The maximum atomic E-state index is 10.7. The molecule has 6 heteroatoms. The van der Waals surface area contributed by atoms with E-state index in [1.807, 2.05) is 0 Å². The first-order valence-electron chi connectivity index (χ1n) is 4.50. The summed E-state index contributed by atoms with van der Waals surface area (Å²) >= 11 is 0. The lowest BCUT2D eigenvalue weighted by molar-refractivity contribution is 0.0690. The molecule has 82 valence electrons. The monoisotopic (exact) mass is 219 g/mol. The molecule has 0 aliphatic carbocycles. The molecule has 0 aromatic carbocycles. The number of methoxy groups -OCH3 is 1. The van der Waals surface area contributed by atoms with Gasteiger partial charge in [0.15, 0.2) is 17.3 Å². The van der Waals surface area contributed by atoms with Crippen LogP contribution in [-0.4, -0.2) is 33.0 Å². The molecule has 6 nitrogen and oxygen atoms in total. The van der Waals surface area contributed by atoms with Crippen molar-refractivity contribution in [2.45, 2.75) is 0 Å². The molecule has 0 atom stereocenters. The molecule has 2 aromatic rings. The quantitative estimate of drug-likeness (QED) is 0.832. The summed E-state index contributed by atoms with van der Waals surface area (Å²) in [7, 11) is 1.52. The van der Waals surface area contributed by atoms with Crippen LogP contribution in [0.25, 0.3) is 5.82 Å². The number of nitrogens with zero attached hydrogens (tertiary/aromatic N) is 3. The maximum Gasteiger partial charge on any atom is 0.356 e. The molecule has 0 spiro atoms. The summed E-state index contributed by atoms with van der Waals surface area (Å²) in [5.41, 5.74) is -0.0345. The van der Waals surface area contributed by atoms with Crippen LogP contribution in [0.5, 0.6) is 5.75 Å². The van der Waals surface area contributed by atoms with Gasteiger partial charge in [0.05, 0.1) is 7.11 Å². The number of hydrogen-bond donors (Lipinski definition) is 1. The van der Waals surface area contributed by atoms with E-state index in [-0.39, 0.29) is 5.69 Å². The largest absolute Gasteiger partial charge is 0.493 e. The molecule has 0 aliphatic heterocycles. The zero-order valence-corrected chi connectivity index (χ0v) is 8.49. The number of ether oxygens (including phenoxy) is 1. The summed E-state index contributed by atoms with van der Waals surface area (Å²) < 4.78 is 6.46. The molecule has 0 saturated heterocycles. The fourth-order valence-corrected chi connectivity index (χ4v) is 1.27. The number of carbonyl (C=O) groups is 1. The number of aromatic carboxylic acids is 1. The first kappa shape index (κ1) is 10.2. The smallest absolute Gasteiger partial charge is 0.356 e. The van der Waals surface area contributed by atoms with Gasteiger partial charge in [-0.1, -0.05) is 0 Å². The molecule has 2 heterocycles. The van der Waals surface area contributed by atoms with Gasteiger partial charge in [-0.15, -0.1) is 0 Å². The van der Waals surface area contributed by atoms with Crippen LogP contribution in [0.15, 0.2) is 30.6 Å². The molecule has 0 saturated carbocycles. The van der Waals surface area contributed by atoms with Crippen molar-refractivity contribution in [1.82, 2.24) is 14.8 Å². The van der Waals surface area contributed by atoms with Gasteiger partial charge in [-0.25, -0.2) is 14.5 Å². The Morgan fingerprint density at radius 3 is 2.94 bits per heavy atom. The zero-order valence-electron chi connectivity index (χ0n) is 8.49. The van der Waals surface area contributed by atoms with Crippen LogP contribution in [0.4, 0.5) is 0 Å². The number of carboxylic acid groups (broad SMARTS) is 1. The van der Waals surface area contributed by atoms with E-state index in [4.69, 9.17) is 9.84 Å². The third kappa shape index (κ3) is 1.72. The van der Waals surface area contributed by atoms with Gasteiger partial charge in [-0.3, -0.25) is 0 Å². The third-order valence-corrected chi connectivity index (χ3v) is 2.00. The Labute approximate surface area is 91.1 Å². The Hall–Kier alpha value is -2.37. The molecular weight excluding hydrogens is 210 g/mol. The van der Waals surface area contributed by atoms with Gasteiger partial charge in [0, 0.05) is 12.4 Å². The van der Waals surface area contributed by atoms with Crippen molar-refractivity contribution in [1.29, 1.82) is 0 Å². The zero-order chi connectivity index (χ0) is 11.5. The third-order valence-electron chi connectivity index (χ3n) is 2.00. The lowest BCUT2D eigenvalue weighted by atomic mass is 10.4. The summed E-state index contributed by atoms with van der Waals surface area (Å²) in [5.74, 6) is -0.0892. The minimum absolute atomic E-state index is 0.0345. The molecule has 0 aliphatic rings. The number of hydrogen-bond acceptors (Lipinski definition) is 4. The van der Waals surface area contributed by atoms with Crippen LogP contribution in [0.3, 0.4) is 0 Å². The topological polar surface area (TPSA) is 77.2 Å². The standard InChI is InChI=1S/C10H9N3O3/c1-16-8-3-2-5-11-9(8)13-6-4-7(12-13)10(14)15/h2-6H,1H3,(H,14,15). The van der Waals surface area contributed by atoms with Gasteiger partial charge < -0.3 is 9.84 Å². The van der Waals surface area contributed by atoms with E-state index in [2.05, 4.69) is 10.1 Å². The second kappa shape index (κ2) is 4.01. The molecular formula is C10H9N3O3. The van der Waals surface area contributed by atoms with E-state index < -0.39 is 5.97 Å². The Kier molecular flexibility index (Phi) is 2.55. The molecule has 0 unspecified atom stereocenters. The van der Waals surface area contributed by atoms with Crippen molar-refractivity contribution >= 4 is 5.97 Å². The Morgan fingerprint density at radius 1 is 1.50 bits per heavy atom. The van der Waals surface area contributed by atoms with Gasteiger partial charge in [0.25, 0.3) is 0 Å². The summed E-state index contributed by atoms with van der Waals surface area (Å²) in [4.78, 5) is 14.7. The Morgan fingerprint density at radius 2 is 2.31 bits per heavy atom. The van der Waals surface area contributed by atoms with Crippen molar-refractivity contribution in [2.24, 2.45) is 0 Å². The van der Waals surface area contributed by atoms with Crippen molar-refractivity contribution in [3.05, 3.63) is 36.3 Å². The molecule has 16 heavy (non-hydrogen) atoms. The number of aromatic nitrogens is 3. The number of rotatable bonds is 3. The average molecular weight is 219 g/mol. The molecule has 1 N–H and O–H groups in total. The Bertz CT molecular complexity index is 522. The van der Waals surface area contributed by atoms with Crippen molar-refractivity contribution in [2.75, 3.05) is 7.11 Å². The average Bonchev–Trinajstić information content (AvgIpc) is 2.78. The Balaban J connectivity index is 2.46. The first-order valence-corrected chi connectivity index (χ1v) is 4.50. The van der Waals surface area contributed by atoms with Gasteiger partial charge in [0.1, 0.15) is 0 Å². The normalized spacial score (nSPS) is 10.1. The van der Waals surface area contributed by atoms with Crippen molar-refractivity contribution in [3.63, 3.8) is 0 Å². The summed E-state index contributed by atoms with van der Waals surface area (Å²) in [6.07, 6.45) is 3.11. The van der Waals surface area contributed by atoms with Gasteiger partial charge in [0.2, 0.25) is 0 Å². The molecule has 0 fully saturated rings. The van der Waals surface area contributed by atoms with Crippen molar-refractivity contribution < 1.29 is 14.6 Å². The molecule has 0 amide bonds. The lowest BCUT2D eigenvalue weighted by Gasteiger charge is -2.05.